The Morgan fingerprint density at radius 2 is 1.80 bits per heavy atom. The molecule has 0 unspecified atom stereocenters. The van der Waals surface area contributed by atoms with Gasteiger partial charge in [-0.15, -0.1) is 0 Å². The third-order valence-electron chi connectivity index (χ3n) is 5.69. The van der Waals surface area contributed by atoms with Crippen LogP contribution in [0.15, 0.2) is 72.8 Å². The van der Waals surface area contributed by atoms with E-state index in [0.29, 0.717) is 30.2 Å². The summed E-state index contributed by atoms with van der Waals surface area (Å²) in [6.45, 7) is 3.00. The zero-order chi connectivity index (χ0) is 24.8. The van der Waals surface area contributed by atoms with Crippen LogP contribution >= 0.6 is 0 Å². The van der Waals surface area contributed by atoms with E-state index < -0.39 is 5.97 Å². The third kappa shape index (κ3) is 5.51. The number of para-hydroxylation sites is 1. The zero-order valence-corrected chi connectivity index (χ0v) is 19.7. The van der Waals surface area contributed by atoms with Gasteiger partial charge in [-0.25, -0.2) is 9.18 Å². The minimum absolute atomic E-state index is 0.144. The Balaban J connectivity index is 1.84. The van der Waals surface area contributed by atoms with Crippen LogP contribution in [-0.2, 0) is 6.54 Å². The second-order valence-electron chi connectivity index (χ2n) is 8.11. The number of halogens is 1. The fourth-order valence-corrected chi connectivity index (χ4v) is 3.83. The molecule has 0 radical (unpaired) electrons. The number of nitrogens with zero attached hydrogens (tertiary/aromatic N) is 2. The van der Waals surface area contributed by atoms with Gasteiger partial charge < -0.3 is 14.6 Å². The van der Waals surface area contributed by atoms with E-state index in [2.05, 4.69) is 6.92 Å². The maximum Gasteiger partial charge on any atom is 0.335 e. The van der Waals surface area contributed by atoms with Crippen LogP contribution in [0.4, 0.5) is 4.39 Å². The van der Waals surface area contributed by atoms with Gasteiger partial charge in [-0.3, -0.25) is 4.68 Å². The predicted molar refractivity (Wildman–Crippen MR) is 133 cm³/mol. The first-order chi connectivity index (χ1) is 17.0. The lowest BCUT2D eigenvalue weighted by molar-refractivity contribution is 0.0697. The molecule has 1 heterocycles. The Kier molecular flexibility index (Phi) is 7.45. The molecule has 0 amide bonds. The summed E-state index contributed by atoms with van der Waals surface area (Å²) in [6, 6.07) is 20.5. The highest BCUT2D eigenvalue weighted by Crippen LogP contribution is 2.34. The van der Waals surface area contributed by atoms with Crippen LogP contribution in [0.5, 0.6) is 11.5 Å². The van der Waals surface area contributed by atoms with Crippen LogP contribution in [0.2, 0.25) is 0 Å². The number of rotatable bonds is 10. The quantitative estimate of drug-likeness (QED) is 0.274. The fraction of sp³-hybridized carbons (Fsp3) is 0.214. The number of carboxylic acids is 1. The number of hydrogen-bond acceptors (Lipinski definition) is 4. The van der Waals surface area contributed by atoms with E-state index in [1.807, 2.05) is 35.0 Å². The summed E-state index contributed by atoms with van der Waals surface area (Å²) in [7, 11) is 1.62. The lowest BCUT2D eigenvalue weighted by Crippen LogP contribution is -2.06. The van der Waals surface area contributed by atoms with Gasteiger partial charge in [-0.05, 0) is 61.0 Å². The van der Waals surface area contributed by atoms with Crippen LogP contribution in [0.1, 0.15) is 35.7 Å². The minimum atomic E-state index is -1.03. The maximum absolute atomic E-state index is 13.6. The zero-order valence-electron chi connectivity index (χ0n) is 19.7. The molecule has 180 valence electrons. The lowest BCUT2D eigenvalue weighted by atomic mass is 10.0. The molecule has 0 aliphatic rings. The predicted octanol–water partition coefficient (Wildman–Crippen LogP) is 6.29. The number of ether oxygens (including phenoxy) is 2. The van der Waals surface area contributed by atoms with E-state index in [0.717, 1.165) is 35.4 Å². The van der Waals surface area contributed by atoms with E-state index in [1.165, 1.54) is 18.2 Å². The van der Waals surface area contributed by atoms with Gasteiger partial charge in [-0.1, -0.05) is 31.5 Å². The Hall–Kier alpha value is -4.13. The molecule has 1 aromatic heterocycles. The Morgan fingerprint density at radius 3 is 2.51 bits per heavy atom. The highest BCUT2D eigenvalue weighted by atomic mass is 19.1. The van der Waals surface area contributed by atoms with Crippen molar-refractivity contribution in [2.75, 3.05) is 13.7 Å². The average molecular weight is 475 g/mol. The SMILES string of the molecule is CCCCOc1ccc(C(=O)O)cc1-c1cc(-c2ccc(F)cc2)n(Cc2ccccc2OC)n1. The molecule has 1 N–H and O–H groups in total. The van der Waals surface area contributed by atoms with E-state index in [9.17, 15) is 14.3 Å². The summed E-state index contributed by atoms with van der Waals surface area (Å²) >= 11 is 0. The fourth-order valence-electron chi connectivity index (χ4n) is 3.83. The highest BCUT2D eigenvalue weighted by Gasteiger charge is 2.18. The molecule has 4 rings (SSSR count). The summed E-state index contributed by atoms with van der Waals surface area (Å²) in [5.74, 6) is -0.0637. The van der Waals surface area contributed by atoms with E-state index in [-0.39, 0.29) is 11.4 Å². The highest BCUT2D eigenvalue weighted by molar-refractivity contribution is 5.90. The van der Waals surface area contributed by atoms with Crippen molar-refractivity contribution < 1.29 is 23.8 Å². The number of benzene rings is 3. The molecule has 0 spiro atoms. The Labute approximate surface area is 203 Å². The standard InChI is InChI=1S/C28H27FN2O4/c1-3-4-15-35-27-14-11-20(28(32)33)16-23(27)24-17-25(19-9-12-22(29)13-10-19)31(30-24)18-21-7-5-6-8-26(21)34-2/h5-14,16-17H,3-4,15,18H2,1-2H3,(H,32,33). The molecule has 7 heteroatoms. The van der Waals surface area contributed by atoms with Crippen molar-refractivity contribution in [1.29, 1.82) is 0 Å². The van der Waals surface area contributed by atoms with Crippen LogP contribution in [-0.4, -0.2) is 34.6 Å². The Bertz CT molecular complexity index is 1320. The van der Waals surface area contributed by atoms with Crippen molar-refractivity contribution in [1.82, 2.24) is 9.78 Å². The monoisotopic (exact) mass is 474 g/mol. The molecular weight excluding hydrogens is 447 g/mol. The van der Waals surface area contributed by atoms with Crippen LogP contribution < -0.4 is 9.47 Å². The summed E-state index contributed by atoms with van der Waals surface area (Å²) in [5.41, 5.74) is 3.75. The first kappa shape index (κ1) is 24.0. The molecule has 4 aromatic rings. The smallest absolute Gasteiger partial charge is 0.335 e. The van der Waals surface area contributed by atoms with Gasteiger partial charge in [-0.2, -0.15) is 5.10 Å². The van der Waals surface area contributed by atoms with Gasteiger partial charge >= 0.3 is 5.97 Å². The first-order valence-corrected chi connectivity index (χ1v) is 11.5. The van der Waals surface area contributed by atoms with Crippen molar-refractivity contribution >= 4 is 5.97 Å². The summed E-state index contributed by atoms with van der Waals surface area (Å²) < 4.78 is 26.9. The second kappa shape index (κ2) is 10.9. The van der Waals surface area contributed by atoms with Crippen molar-refractivity contribution in [2.24, 2.45) is 0 Å². The molecule has 35 heavy (non-hydrogen) atoms. The molecule has 0 aliphatic carbocycles. The third-order valence-corrected chi connectivity index (χ3v) is 5.69. The Morgan fingerprint density at radius 1 is 1.03 bits per heavy atom. The van der Waals surface area contributed by atoms with Crippen LogP contribution in [0.3, 0.4) is 0 Å². The van der Waals surface area contributed by atoms with Gasteiger partial charge in [0.15, 0.2) is 0 Å². The molecule has 0 fully saturated rings. The molecule has 0 aliphatic heterocycles. The van der Waals surface area contributed by atoms with Crippen LogP contribution in [0, 0.1) is 5.82 Å². The van der Waals surface area contributed by atoms with Crippen molar-refractivity contribution in [2.45, 2.75) is 26.3 Å². The first-order valence-electron chi connectivity index (χ1n) is 11.5. The van der Waals surface area contributed by atoms with Gasteiger partial charge in [0.05, 0.1) is 37.2 Å². The number of aromatic nitrogens is 2. The van der Waals surface area contributed by atoms with E-state index in [1.54, 1.807) is 31.4 Å². The molecule has 3 aromatic carbocycles. The molecule has 6 nitrogen and oxygen atoms in total. The topological polar surface area (TPSA) is 73.6 Å². The second-order valence-corrected chi connectivity index (χ2v) is 8.11. The van der Waals surface area contributed by atoms with Crippen molar-refractivity contribution in [3.8, 4) is 34.0 Å². The minimum Gasteiger partial charge on any atom is -0.496 e. The van der Waals surface area contributed by atoms with Crippen molar-refractivity contribution in [3.05, 3.63) is 89.7 Å². The number of aromatic carboxylic acids is 1. The molecular formula is C28H27FN2O4. The van der Waals surface area contributed by atoms with Gasteiger partial charge in [0.2, 0.25) is 0 Å². The molecule has 0 bridgehead atoms. The number of carboxylic acid groups (broad SMARTS) is 1. The summed E-state index contributed by atoms with van der Waals surface area (Å²) in [4.78, 5) is 11.7. The van der Waals surface area contributed by atoms with Crippen molar-refractivity contribution in [3.63, 3.8) is 0 Å². The lowest BCUT2D eigenvalue weighted by Gasteiger charge is -2.12. The molecule has 0 saturated carbocycles. The summed E-state index contributed by atoms with van der Waals surface area (Å²) in [6.07, 6.45) is 1.86. The van der Waals surface area contributed by atoms with Gasteiger partial charge in [0.1, 0.15) is 17.3 Å². The maximum atomic E-state index is 13.6. The van der Waals surface area contributed by atoms with Gasteiger partial charge in [0.25, 0.3) is 0 Å². The number of hydrogen-bond donors (Lipinski definition) is 1. The van der Waals surface area contributed by atoms with E-state index >= 15 is 0 Å². The van der Waals surface area contributed by atoms with E-state index in [4.69, 9.17) is 14.6 Å². The number of carbonyl (C=O) groups is 1. The van der Waals surface area contributed by atoms with Crippen LogP contribution in [0.25, 0.3) is 22.5 Å². The molecule has 0 saturated heterocycles. The molecule has 0 atom stereocenters. The number of methoxy groups -OCH3 is 1. The van der Waals surface area contributed by atoms with Gasteiger partial charge in [0, 0.05) is 16.7 Å². The largest absolute Gasteiger partial charge is 0.496 e. The summed E-state index contributed by atoms with van der Waals surface area (Å²) in [5, 5.41) is 14.4. The normalized spacial score (nSPS) is 10.8. The number of unbranched alkanes of at least 4 members (excludes halogenated alkanes) is 1. The average Bonchev–Trinajstić information content (AvgIpc) is 3.28.